The molecule has 0 spiro atoms. The normalized spacial score (nSPS) is 14.2. The zero-order chi connectivity index (χ0) is 25.1. The number of rotatable bonds is 7. The van der Waals surface area contributed by atoms with Crippen molar-refractivity contribution in [3.63, 3.8) is 0 Å². The summed E-state index contributed by atoms with van der Waals surface area (Å²) in [6.45, 7) is 4.52. The second kappa shape index (κ2) is 10.6. The van der Waals surface area contributed by atoms with E-state index in [1.54, 1.807) is 7.11 Å². The highest BCUT2D eigenvalue weighted by molar-refractivity contribution is 6.30. The molecule has 1 N–H and O–H groups in total. The quantitative estimate of drug-likeness (QED) is 0.343. The van der Waals surface area contributed by atoms with E-state index in [2.05, 4.69) is 51.6 Å². The van der Waals surface area contributed by atoms with E-state index < -0.39 is 0 Å². The predicted octanol–water partition coefficient (Wildman–Crippen LogP) is 5.87. The van der Waals surface area contributed by atoms with E-state index >= 15 is 0 Å². The van der Waals surface area contributed by atoms with Crippen LogP contribution in [0.3, 0.4) is 0 Å². The van der Waals surface area contributed by atoms with Gasteiger partial charge in [0.1, 0.15) is 5.69 Å². The largest absolute Gasteiger partial charge is 0.493 e. The minimum Gasteiger partial charge on any atom is -0.493 e. The Bertz CT molecular complexity index is 1340. The summed E-state index contributed by atoms with van der Waals surface area (Å²) in [5.74, 6) is 1.10. The van der Waals surface area contributed by atoms with Crippen LogP contribution in [-0.2, 0) is 13.0 Å². The molecular formula is C29H31ClN4O2. The average molecular weight is 503 g/mol. The number of hydrogen-bond acceptors (Lipinski definition) is 4. The molecule has 0 unspecified atom stereocenters. The summed E-state index contributed by atoms with van der Waals surface area (Å²) >= 11 is 6.04. The molecule has 36 heavy (non-hydrogen) atoms. The van der Waals surface area contributed by atoms with E-state index in [1.165, 1.54) is 11.3 Å². The van der Waals surface area contributed by atoms with Crippen molar-refractivity contribution in [1.29, 1.82) is 0 Å². The maximum Gasteiger partial charge on any atom is 0.270 e. The summed E-state index contributed by atoms with van der Waals surface area (Å²) in [7, 11) is 1.61. The molecule has 3 heterocycles. The van der Waals surface area contributed by atoms with Gasteiger partial charge in [-0.3, -0.25) is 9.20 Å². The zero-order valence-corrected chi connectivity index (χ0v) is 21.5. The predicted molar refractivity (Wildman–Crippen MR) is 144 cm³/mol. The molecule has 1 fully saturated rings. The number of piperidine rings is 1. The number of aromatic nitrogens is 2. The highest BCUT2D eigenvalue weighted by atomic mass is 35.5. The van der Waals surface area contributed by atoms with Crippen LogP contribution < -0.4 is 15.0 Å². The summed E-state index contributed by atoms with van der Waals surface area (Å²) in [6, 6.07) is 20.5. The van der Waals surface area contributed by atoms with E-state index in [4.69, 9.17) is 16.3 Å². The SMILES string of the molecule is CCc1nc2c(OC)cccn2c1C(=O)NCc1ccc(N2CCC(c3ccc(Cl)cc3)CC2)cc1. The van der Waals surface area contributed by atoms with Crippen LogP contribution in [0.4, 0.5) is 5.69 Å². The van der Waals surface area contributed by atoms with Gasteiger partial charge < -0.3 is 15.0 Å². The van der Waals surface area contributed by atoms with E-state index in [-0.39, 0.29) is 5.91 Å². The summed E-state index contributed by atoms with van der Waals surface area (Å²) in [6.07, 6.45) is 4.77. The van der Waals surface area contributed by atoms with Gasteiger partial charge in [0, 0.05) is 36.5 Å². The second-order valence-corrected chi connectivity index (χ2v) is 9.63. The Morgan fingerprint density at radius 3 is 2.47 bits per heavy atom. The fraction of sp³-hybridized carbons (Fsp3) is 0.310. The van der Waals surface area contributed by atoms with Gasteiger partial charge in [0.15, 0.2) is 11.4 Å². The van der Waals surface area contributed by atoms with E-state index in [0.29, 0.717) is 36.0 Å². The fourth-order valence-electron chi connectivity index (χ4n) is 5.03. The molecule has 5 rings (SSSR count). The van der Waals surface area contributed by atoms with Gasteiger partial charge in [-0.15, -0.1) is 0 Å². The molecule has 0 atom stereocenters. The maximum atomic E-state index is 13.1. The van der Waals surface area contributed by atoms with Crippen molar-refractivity contribution in [3.8, 4) is 5.75 Å². The van der Waals surface area contributed by atoms with Crippen molar-refractivity contribution >= 4 is 28.8 Å². The minimum atomic E-state index is -0.138. The number of ether oxygens (including phenoxy) is 1. The summed E-state index contributed by atoms with van der Waals surface area (Å²) in [4.78, 5) is 20.2. The van der Waals surface area contributed by atoms with Gasteiger partial charge in [0.25, 0.3) is 5.91 Å². The van der Waals surface area contributed by atoms with Crippen molar-refractivity contribution in [1.82, 2.24) is 14.7 Å². The molecular weight excluding hydrogens is 472 g/mol. The van der Waals surface area contributed by atoms with Crippen LogP contribution in [0.25, 0.3) is 5.65 Å². The Hall–Kier alpha value is -3.51. The molecule has 4 aromatic rings. The van der Waals surface area contributed by atoms with E-state index in [0.717, 1.165) is 42.2 Å². The molecule has 1 aliphatic heterocycles. The average Bonchev–Trinajstić information content (AvgIpc) is 3.32. The first-order chi connectivity index (χ1) is 17.6. The Balaban J connectivity index is 1.20. The van der Waals surface area contributed by atoms with E-state index in [9.17, 15) is 4.79 Å². The van der Waals surface area contributed by atoms with Gasteiger partial charge in [-0.1, -0.05) is 42.8 Å². The number of imidazole rings is 1. The van der Waals surface area contributed by atoms with Gasteiger partial charge in [0.05, 0.1) is 12.8 Å². The number of carbonyl (C=O) groups excluding carboxylic acids is 1. The van der Waals surface area contributed by atoms with Crippen molar-refractivity contribution in [2.45, 2.75) is 38.6 Å². The fourth-order valence-corrected chi connectivity index (χ4v) is 5.16. The first-order valence-electron chi connectivity index (χ1n) is 12.5. The molecule has 1 amide bonds. The second-order valence-electron chi connectivity index (χ2n) is 9.19. The third-order valence-electron chi connectivity index (χ3n) is 7.05. The molecule has 0 radical (unpaired) electrons. The Morgan fingerprint density at radius 2 is 1.81 bits per heavy atom. The van der Waals surface area contributed by atoms with Crippen LogP contribution in [-0.4, -0.2) is 35.5 Å². The number of pyridine rings is 1. The van der Waals surface area contributed by atoms with Crippen LogP contribution >= 0.6 is 11.6 Å². The first-order valence-corrected chi connectivity index (χ1v) is 12.9. The van der Waals surface area contributed by atoms with E-state index in [1.807, 2.05) is 41.8 Å². The van der Waals surface area contributed by atoms with Crippen molar-refractivity contribution in [2.24, 2.45) is 0 Å². The molecule has 2 aromatic heterocycles. The molecule has 0 bridgehead atoms. The Labute approximate surface area is 216 Å². The monoisotopic (exact) mass is 502 g/mol. The lowest BCUT2D eigenvalue weighted by Gasteiger charge is -2.34. The lowest BCUT2D eigenvalue weighted by molar-refractivity contribution is 0.0944. The van der Waals surface area contributed by atoms with Crippen molar-refractivity contribution in [3.05, 3.63) is 94.4 Å². The lowest BCUT2D eigenvalue weighted by atomic mass is 9.89. The first kappa shape index (κ1) is 24.2. The molecule has 1 saturated heterocycles. The number of aryl methyl sites for hydroxylation is 1. The molecule has 2 aromatic carbocycles. The third kappa shape index (κ3) is 4.91. The topological polar surface area (TPSA) is 58.9 Å². The standard InChI is InChI=1S/C29H31ClN4O2/c1-3-25-27(34-16-4-5-26(36-2)28(34)32-25)29(35)31-19-20-6-12-24(13-7-20)33-17-14-22(15-18-33)21-8-10-23(30)11-9-21/h4-13,16,22H,3,14-15,17-19H2,1-2H3,(H,31,35). The summed E-state index contributed by atoms with van der Waals surface area (Å²) in [5.41, 5.74) is 5.64. The molecule has 0 saturated carbocycles. The summed E-state index contributed by atoms with van der Waals surface area (Å²) in [5, 5.41) is 3.86. The van der Waals surface area contributed by atoms with Crippen LogP contribution in [0.2, 0.25) is 5.02 Å². The number of halogens is 1. The van der Waals surface area contributed by atoms with Gasteiger partial charge >= 0.3 is 0 Å². The minimum absolute atomic E-state index is 0.138. The molecule has 6 nitrogen and oxygen atoms in total. The third-order valence-corrected chi connectivity index (χ3v) is 7.30. The van der Waals surface area contributed by atoms with Crippen molar-refractivity contribution < 1.29 is 9.53 Å². The highest BCUT2D eigenvalue weighted by Crippen LogP contribution is 2.31. The number of methoxy groups -OCH3 is 1. The van der Waals surface area contributed by atoms with Crippen LogP contribution in [0.5, 0.6) is 5.75 Å². The number of amides is 1. The number of anilines is 1. The number of carbonyl (C=O) groups is 1. The Kier molecular flexibility index (Phi) is 7.14. The summed E-state index contributed by atoms with van der Waals surface area (Å²) < 4.78 is 7.23. The number of hydrogen-bond donors (Lipinski definition) is 1. The molecule has 0 aliphatic carbocycles. The van der Waals surface area contributed by atoms with Gasteiger partial charge in [-0.25, -0.2) is 4.98 Å². The highest BCUT2D eigenvalue weighted by Gasteiger charge is 2.22. The molecule has 186 valence electrons. The van der Waals surface area contributed by atoms with Crippen molar-refractivity contribution in [2.75, 3.05) is 25.1 Å². The van der Waals surface area contributed by atoms with Crippen LogP contribution in [0, 0.1) is 0 Å². The number of nitrogens with zero attached hydrogens (tertiary/aromatic N) is 3. The number of benzene rings is 2. The maximum absolute atomic E-state index is 13.1. The van der Waals surface area contributed by atoms with Gasteiger partial charge in [-0.05, 0) is 72.7 Å². The number of fused-ring (bicyclic) bond motifs is 1. The molecule has 1 aliphatic rings. The van der Waals surface area contributed by atoms with Gasteiger partial charge in [0.2, 0.25) is 0 Å². The Morgan fingerprint density at radius 1 is 1.08 bits per heavy atom. The number of nitrogens with one attached hydrogen (secondary N) is 1. The smallest absolute Gasteiger partial charge is 0.270 e. The lowest BCUT2D eigenvalue weighted by Crippen LogP contribution is -2.32. The van der Waals surface area contributed by atoms with Crippen LogP contribution in [0.1, 0.15) is 53.0 Å². The molecule has 7 heteroatoms. The van der Waals surface area contributed by atoms with Gasteiger partial charge in [-0.2, -0.15) is 0 Å². The van der Waals surface area contributed by atoms with Crippen LogP contribution in [0.15, 0.2) is 66.9 Å². The zero-order valence-electron chi connectivity index (χ0n) is 20.7.